The smallest absolute Gasteiger partial charge is 0.306 e. The first kappa shape index (κ1) is 20.4. The van der Waals surface area contributed by atoms with Gasteiger partial charge in [-0.3, -0.25) is 14.4 Å². The number of ether oxygens (including phenoxy) is 1. The first-order chi connectivity index (χ1) is 11.9. The lowest BCUT2D eigenvalue weighted by Gasteiger charge is -2.25. The Balaban J connectivity index is 2.19. The van der Waals surface area contributed by atoms with Crippen molar-refractivity contribution in [1.82, 2.24) is 4.90 Å². The molecule has 1 unspecified atom stereocenters. The maximum atomic E-state index is 14.0. The molecule has 0 aromatic heterocycles. The minimum Gasteiger partial charge on any atom is -0.460 e. The van der Waals surface area contributed by atoms with Gasteiger partial charge in [0.2, 0.25) is 5.91 Å². The van der Waals surface area contributed by atoms with Gasteiger partial charge in [0, 0.05) is 23.0 Å². The summed E-state index contributed by atoms with van der Waals surface area (Å²) in [4.78, 5) is 37.7. The van der Waals surface area contributed by atoms with Gasteiger partial charge in [-0.15, -0.1) is 0 Å². The summed E-state index contributed by atoms with van der Waals surface area (Å²) in [5.74, 6) is -2.18. The van der Waals surface area contributed by atoms with E-state index in [1.807, 2.05) is 0 Å². The maximum Gasteiger partial charge on any atom is 0.306 e. The number of esters is 1. The van der Waals surface area contributed by atoms with E-state index in [1.165, 1.54) is 11.0 Å². The molecule has 0 saturated heterocycles. The summed E-state index contributed by atoms with van der Waals surface area (Å²) in [5, 5.41) is 0. The van der Waals surface area contributed by atoms with Gasteiger partial charge in [-0.1, -0.05) is 15.9 Å². The van der Waals surface area contributed by atoms with Crippen molar-refractivity contribution in [3.05, 3.63) is 33.0 Å². The summed E-state index contributed by atoms with van der Waals surface area (Å²) in [6, 6.07) is 0.196. The third-order valence-electron chi connectivity index (χ3n) is 4.11. The third-order valence-corrected chi connectivity index (χ3v) is 5.19. The summed E-state index contributed by atoms with van der Waals surface area (Å²) in [7, 11) is 0. The van der Waals surface area contributed by atoms with Crippen LogP contribution >= 0.6 is 15.9 Å². The van der Waals surface area contributed by atoms with Gasteiger partial charge in [0.1, 0.15) is 17.5 Å². The number of rotatable bonds is 5. The lowest BCUT2D eigenvalue weighted by Crippen LogP contribution is -2.45. The van der Waals surface area contributed by atoms with Crippen LogP contribution in [0.2, 0.25) is 0 Å². The fourth-order valence-electron chi connectivity index (χ4n) is 2.86. The molecular weight excluding hydrogens is 407 g/mol. The van der Waals surface area contributed by atoms with Crippen LogP contribution in [-0.2, 0) is 20.9 Å². The zero-order chi connectivity index (χ0) is 19.8. The Morgan fingerprint density at radius 3 is 2.58 bits per heavy atom. The summed E-state index contributed by atoms with van der Waals surface area (Å²) >= 11 is 3.31. The highest BCUT2D eigenvalue weighted by atomic mass is 79.9. The molecule has 0 radical (unpaired) electrons. The molecular formula is C18H22BrFN2O4. The number of fused-ring (bicyclic) bond motifs is 1. The number of amides is 2. The number of hydrogen-bond acceptors (Lipinski definition) is 4. The second-order valence-electron chi connectivity index (χ2n) is 7.30. The van der Waals surface area contributed by atoms with Crippen LogP contribution in [0, 0.1) is 12.7 Å². The SMILES string of the molecule is Cc1c(F)cc2c(c1Br)CN(C(CCC(=O)OC(C)(C)C)C(N)=O)C2=O. The monoisotopic (exact) mass is 428 g/mol. The minimum absolute atomic E-state index is 0.0447. The lowest BCUT2D eigenvalue weighted by atomic mass is 10.1. The van der Waals surface area contributed by atoms with Crippen molar-refractivity contribution in [1.29, 1.82) is 0 Å². The van der Waals surface area contributed by atoms with E-state index in [-0.39, 0.29) is 24.9 Å². The van der Waals surface area contributed by atoms with E-state index in [0.29, 0.717) is 15.6 Å². The largest absolute Gasteiger partial charge is 0.460 e. The summed E-state index contributed by atoms with van der Waals surface area (Å²) in [6.45, 7) is 6.95. The Labute approximate surface area is 160 Å². The van der Waals surface area contributed by atoms with Gasteiger partial charge in [0.25, 0.3) is 5.91 Å². The molecule has 0 spiro atoms. The van der Waals surface area contributed by atoms with E-state index in [9.17, 15) is 18.8 Å². The van der Waals surface area contributed by atoms with Crippen LogP contribution in [0.5, 0.6) is 0 Å². The van der Waals surface area contributed by atoms with E-state index in [4.69, 9.17) is 10.5 Å². The van der Waals surface area contributed by atoms with Gasteiger partial charge in [-0.05, 0) is 51.3 Å². The van der Waals surface area contributed by atoms with Crippen LogP contribution in [0.3, 0.4) is 0 Å². The summed E-state index contributed by atoms with van der Waals surface area (Å²) in [6.07, 6.45) is -0.0113. The molecule has 1 heterocycles. The molecule has 1 aliphatic heterocycles. The highest BCUT2D eigenvalue weighted by Gasteiger charge is 2.37. The van der Waals surface area contributed by atoms with Crippen molar-refractivity contribution in [3.63, 3.8) is 0 Å². The molecule has 0 bridgehead atoms. The van der Waals surface area contributed by atoms with E-state index >= 15 is 0 Å². The number of carbonyl (C=O) groups excluding carboxylic acids is 3. The Hall–Kier alpha value is -1.96. The lowest BCUT2D eigenvalue weighted by molar-refractivity contribution is -0.155. The molecule has 26 heavy (non-hydrogen) atoms. The van der Waals surface area contributed by atoms with Crippen molar-refractivity contribution in [2.75, 3.05) is 0 Å². The Morgan fingerprint density at radius 1 is 1.42 bits per heavy atom. The molecule has 1 aromatic carbocycles. The standard InChI is InChI=1S/C18H22BrFN2O4/c1-9-12(20)7-10-11(15(9)19)8-22(17(10)25)13(16(21)24)5-6-14(23)26-18(2,3)4/h7,13H,5-6,8H2,1-4H3,(H2,21,24). The molecule has 0 saturated carbocycles. The predicted octanol–water partition coefficient (Wildman–Crippen LogP) is 2.83. The molecule has 142 valence electrons. The molecule has 1 aliphatic rings. The zero-order valence-electron chi connectivity index (χ0n) is 15.2. The normalized spacial score (nSPS) is 15.0. The predicted molar refractivity (Wildman–Crippen MR) is 96.8 cm³/mol. The molecule has 2 rings (SSSR count). The van der Waals surface area contributed by atoms with Gasteiger partial charge in [-0.25, -0.2) is 4.39 Å². The molecule has 0 aliphatic carbocycles. The van der Waals surface area contributed by atoms with Crippen LogP contribution < -0.4 is 5.73 Å². The van der Waals surface area contributed by atoms with Crippen LogP contribution in [-0.4, -0.2) is 34.3 Å². The van der Waals surface area contributed by atoms with Crippen molar-refractivity contribution in [2.24, 2.45) is 5.73 Å². The van der Waals surface area contributed by atoms with Gasteiger partial charge in [0.15, 0.2) is 0 Å². The van der Waals surface area contributed by atoms with Gasteiger partial charge in [0.05, 0.1) is 0 Å². The number of nitrogens with zero attached hydrogens (tertiary/aromatic N) is 1. The number of nitrogens with two attached hydrogens (primary N) is 1. The zero-order valence-corrected chi connectivity index (χ0v) is 16.8. The molecule has 0 fully saturated rings. The first-order valence-corrected chi connectivity index (χ1v) is 9.01. The Bertz CT molecular complexity index is 773. The van der Waals surface area contributed by atoms with Gasteiger partial charge < -0.3 is 15.4 Å². The number of hydrogen-bond donors (Lipinski definition) is 1. The van der Waals surface area contributed by atoms with Crippen LogP contribution in [0.15, 0.2) is 10.5 Å². The summed E-state index contributed by atoms with van der Waals surface area (Å²) < 4.78 is 19.7. The fourth-order valence-corrected chi connectivity index (χ4v) is 3.39. The van der Waals surface area contributed by atoms with Crippen LogP contribution in [0.4, 0.5) is 4.39 Å². The second kappa shape index (κ2) is 7.34. The quantitative estimate of drug-likeness (QED) is 0.729. The van der Waals surface area contributed by atoms with E-state index in [1.54, 1.807) is 27.7 Å². The van der Waals surface area contributed by atoms with E-state index in [0.717, 1.165) is 0 Å². The number of carbonyl (C=O) groups is 3. The van der Waals surface area contributed by atoms with E-state index < -0.39 is 35.2 Å². The molecule has 1 atom stereocenters. The van der Waals surface area contributed by atoms with E-state index in [2.05, 4.69) is 15.9 Å². The van der Waals surface area contributed by atoms with Gasteiger partial charge in [-0.2, -0.15) is 0 Å². The van der Waals surface area contributed by atoms with Crippen molar-refractivity contribution in [3.8, 4) is 0 Å². The average molecular weight is 429 g/mol. The molecule has 2 amide bonds. The molecule has 1 aromatic rings. The fraction of sp³-hybridized carbons (Fsp3) is 0.500. The topological polar surface area (TPSA) is 89.7 Å². The summed E-state index contributed by atoms with van der Waals surface area (Å²) in [5.41, 5.74) is 6.01. The minimum atomic E-state index is -0.974. The number of benzene rings is 1. The highest BCUT2D eigenvalue weighted by molar-refractivity contribution is 9.10. The Kier molecular flexibility index (Phi) is 5.75. The maximum absolute atomic E-state index is 14.0. The van der Waals surface area contributed by atoms with Crippen LogP contribution in [0.25, 0.3) is 0 Å². The average Bonchev–Trinajstić information content (AvgIpc) is 2.81. The second-order valence-corrected chi connectivity index (χ2v) is 8.09. The van der Waals surface area contributed by atoms with Gasteiger partial charge >= 0.3 is 5.97 Å². The van der Waals surface area contributed by atoms with Crippen molar-refractivity contribution < 1.29 is 23.5 Å². The molecule has 8 heteroatoms. The number of halogens is 2. The van der Waals surface area contributed by atoms with Crippen molar-refractivity contribution >= 4 is 33.7 Å². The van der Waals surface area contributed by atoms with Crippen molar-refractivity contribution in [2.45, 2.75) is 58.7 Å². The third kappa shape index (κ3) is 4.23. The molecule has 2 N–H and O–H groups in total. The molecule has 6 nitrogen and oxygen atoms in total. The highest BCUT2D eigenvalue weighted by Crippen LogP contribution is 2.35. The number of primary amides is 1. The first-order valence-electron chi connectivity index (χ1n) is 8.22. The van der Waals surface area contributed by atoms with Crippen LogP contribution in [0.1, 0.15) is 55.1 Å². The Morgan fingerprint density at radius 2 is 2.04 bits per heavy atom.